The zero-order valence-electron chi connectivity index (χ0n) is 25.1. The lowest BCUT2D eigenvalue weighted by atomic mass is 9.84. The van der Waals surface area contributed by atoms with Crippen LogP contribution in [0.2, 0.25) is 0 Å². The van der Waals surface area contributed by atoms with Gasteiger partial charge in [0.05, 0.1) is 30.6 Å². The SMILES string of the molecule is c1ccc2c(c1)[nH]c1c3sccc3c3c(c21)c1c2ccsc2c2[nH]c4ccccc4c2c1c1c2ccsc2c2[nH]c4ccccc4c2c31. The summed E-state index contributed by atoms with van der Waals surface area (Å²) >= 11 is 5.55. The normalized spacial score (nSPS) is 13.0. The lowest BCUT2D eigenvalue weighted by Crippen LogP contribution is -1.90. The van der Waals surface area contributed by atoms with E-state index in [1.807, 2.05) is 34.0 Å². The molecule has 3 nitrogen and oxygen atoms in total. The number of para-hydroxylation sites is 3. The number of rotatable bonds is 0. The number of benzene rings is 7. The van der Waals surface area contributed by atoms with Crippen molar-refractivity contribution in [2.24, 2.45) is 0 Å². The van der Waals surface area contributed by atoms with Crippen LogP contribution in [0.1, 0.15) is 0 Å². The van der Waals surface area contributed by atoms with Crippen LogP contribution in [0.25, 0.3) is 128 Å². The minimum Gasteiger partial charge on any atom is -0.353 e. The van der Waals surface area contributed by atoms with Crippen molar-refractivity contribution in [2.75, 3.05) is 0 Å². The van der Waals surface area contributed by atoms with Crippen LogP contribution in [0.4, 0.5) is 0 Å². The molecule has 0 bridgehead atoms. The van der Waals surface area contributed by atoms with E-state index in [0.29, 0.717) is 0 Å². The third kappa shape index (κ3) is 2.70. The Kier molecular flexibility index (Phi) is 4.30. The second-order valence-corrected chi connectivity index (χ2v) is 15.8. The molecule has 6 heteroatoms. The topological polar surface area (TPSA) is 47.4 Å². The van der Waals surface area contributed by atoms with Gasteiger partial charge in [-0.25, -0.2) is 0 Å². The van der Waals surface area contributed by atoms with Crippen LogP contribution in [-0.2, 0) is 0 Å². The van der Waals surface area contributed by atoms with Crippen molar-refractivity contribution in [1.29, 1.82) is 0 Å². The van der Waals surface area contributed by atoms with Crippen molar-refractivity contribution in [3.05, 3.63) is 107 Å². The van der Waals surface area contributed by atoms with Crippen LogP contribution in [0, 0.1) is 0 Å². The zero-order valence-corrected chi connectivity index (χ0v) is 27.6. The average molecular weight is 664 g/mol. The Morgan fingerprint density at radius 1 is 0.292 bits per heavy atom. The molecule has 0 radical (unpaired) electrons. The predicted molar refractivity (Wildman–Crippen MR) is 213 cm³/mol. The van der Waals surface area contributed by atoms with Gasteiger partial charge >= 0.3 is 0 Å². The molecular formula is C42H21N3S3. The van der Waals surface area contributed by atoms with Gasteiger partial charge in [-0.3, -0.25) is 0 Å². The smallest absolute Gasteiger partial charge is 0.0652 e. The fourth-order valence-corrected chi connectivity index (χ4v) is 11.8. The van der Waals surface area contributed by atoms with Gasteiger partial charge in [0.15, 0.2) is 0 Å². The second-order valence-electron chi connectivity index (χ2n) is 13.0. The number of aromatic nitrogens is 3. The largest absolute Gasteiger partial charge is 0.353 e. The Bertz CT molecular complexity index is 3170. The maximum Gasteiger partial charge on any atom is 0.0652 e. The van der Waals surface area contributed by atoms with Crippen molar-refractivity contribution in [1.82, 2.24) is 15.0 Å². The summed E-state index contributed by atoms with van der Waals surface area (Å²) < 4.78 is 3.97. The number of hydrogen-bond acceptors (Lipinski definition) is 3. The summed E-state index contributed by atoms with van der Waals surface area (Å²) in [6, 6.07) is 33.7. The lowest BCUT2D eigenvalue weighted by molar-refractivity contribution is 1.57. The van der Waals surface area contributed by atoms with Crippen LogP contribution in [0.5, 0.6) is 0 Å². The quantitative estimate of drug-likeness (QED) is 0.135. The first-order valence-electron chi connectivity index (χ1n) is 16.2. The summed E-state index contributed by atoms with van der Waals surface area (Å²) in [4.78, 5) is 11.7. The molecule has 0 spiro atoms. The summed E-state index contributed by atoms with van der Waals surface area (Å²) in [7, 11) is 0. The van der Waals surface area contributed by atoms with Gasteiger partial charge in [-0.05, 0) is 52.5 Å². The Hall–Kier alpha value is -5.40. The molecule has 0 aliphatic rings. The number of nitrogens with one attached hydrogen (secondary N) is 3. The van der Waals surface area contributed by atoms with Gasteiger partial charge in [0.2, 0.25) is 0 Å². The molecule has 0 aliphatic carbocycles. The van der Waals surface area contributed by atoms with Crippen LogP contribution in [-0.4, -0.2) is 15.0 Å². The van der Waals surface area contributed by atoms with Crippen LogP contribution in [0.15, 0.2) is 107 Å². The highest BCUT2D eigenvalue weighted by Crippen LogP contribution is 2.56. The van der Waals surface area contributed by atoms with Crippen molar-refractivity contribution in [2.45, 2.75) is 0 Å². The van der Waals surface area contributed by atoms with E-state index in [2.05, 4.69) is 122 Å². The second kappa shape index (κ2) is 8.35. The molecule has 13 rings (SSSR count). The van der Waals surface area contributed by atoms with E-state index in [-0.39, 0.29) is 0 Å². The standard InChI is InChI=1S/C42H21N3S3/c1-4-10-25-19(7-1)31-34-28(22-13-16-46-40(22)37(31)43-25)35-30(24-15-18-48-42(24)39-32(35)20-8-2-6-12-27(20)45-39)36-29(34)23-14-17-47-41(23)38-33(36)21-9-3-5-11-26(21)44-38/h1-18,43-45H. The van der Waals surface area contributed by atoms with Gasteiger partial charge in [-0.1, -0.05) is 54.6 Å². The first-order chi connectivity index (χ1) is 23.8. The van der Waals surface area contributed by atoms with E-state index in [9.17, 15) is 0 Å². The van der Waals surface area contributed by atoms with E-state index < -0.39 is 0 Å². The number of aromatic amines is 3. The molecule has 0 saturated carbocycles. The fraction of sp³-hybridized carbons (Fsp3) is 0. The molecule has 0 fully saturated rings. The van der Waals surface area contributed by atoms with E-state index in [0.717, 1.165) is 0 Å². The van der Waals surface area contributed by atoms with Gasteiger partial charge in [-0.2, -0.15) is 0 Å². The summed E-state index contributed by atoms with van der Waals surface area (Å²) in [5.74, 6) is 0. The van der Waals surface area contributed by atoms with Gasteiger partial charge in [0.1, 0.15) is 0 Å². The first-order valence-corrected chi connectivity index (χ1v) is 18.8. The summed E-state index contributed by atoms with van der Waals surface area (Å²) in [6.07, 6.45) is 0. The molecule has 3 N–H and O–H groups in total. The van der Waals surface area contributed by atoms with E-state index in [4.69, 9.17) is 0 Å². The van der Waals surface area contributed by atoms with Crippen molar-refractivity contribution >= 4 is 162 Å². The minimum atomic E-state index is 1.18. The van der Waals surface area contributed by atoms with Gasteiger partial charge in [-0.15, -0.1) is 34.0 Å². The molecule has 0 saturated heterocycles. The third-order valence-corrected chi connectivity index (χ3v) is 13.6. The Morgan fingerprint density at radius 3 is 0.938 bits per heavy atom. The highest BCUT2D eigenvalue weighted by Gasteiger charge is 2.28. The number of thiophene rings is 3. The molecular weight excluding hydrogens is 643 g/mol. The van der Waals surface area contributed by atoms with Crippen LogP contribution >= 0.6 is 34.0 Å². The van der Waals surface area contributed by atoms with Crippen LogP contribution in [0.3, 0.4) is 0 Å². The molecule has 222 valence electrons. The number of H-pyrrole nitrogens is 3. The van der Waals surface area contributed by atoms with Crippen LogP contribution < -0.4 is 0 Å². The molecule has 6 aromatic heterocycles. The lowest BCUT2D eigenvalue weighted by Gasteiger charge is -2.18. The molecule has 6 heterocycles. The van der Waals surface area contributed by atoms with Gasteiger partial charge in [0, 0.05) is 97.3 Å². The molecule has 0 unspecified atom stereocenters. The Labute approximate surface area is 282 Å². The first kappa shape index (κ1) is 24.7. The minimum absolute atomic E-state index is 1.18. The third-order valence-electron chi connectivity index (χ3n) is 10.9. The monoisotopic (exact) mass is 663 g/mol. The Balaban J connectivity index is 1.56. The number of hydrogen-bond donors (Lipinski definition) is 3. The van der Waals surface area contributed by atoms with Crippen molar-refractivity contribution in [3.63, 3.8) is 0 Å². The van der Waals surface area contributed by atoms with E-state index in [1.165, 1.54) is 128 Å². The molecule has 13 aromatic rings. The molecule has 0 amide bonds. The van der Waals surface area contributed by atoms with Crippen molar-refractivity contribution in [3.8, 4) is 0 Å². The molecule has 48 heavy (non-hydrogen) atoms. The summed E-state index contributed by atoms with van der Waals surface area (Å²) in [5.41, 5.74) is 7.27. The van der Waals surface area contributed by atoms with Gasteiger partial charge < -0.3 is 15.0 Å². The molecule has 0 aliphatic heterocycles. The van der Waals surface area contributed by atoms with Gasteiger partial charge in [0.25, 0.3) is 0 Å². The maximum absolute atomic E-state index is 3.91. The van der Waals surface area contributed by atoms with E-state index >= 15 is 0 Å². The molecule has 7 aromatic carbocycles. The zero-order chi connectivity index (χ0) is 30.8. The summed E-state index contributed by atoms with van der Waals surface area (Å²) in [6.45, 7) is 0. The summed E-state index contributed by atoms with van der Waals surface area (Å²) in [5, 5.41) is 26.8. The molecule has 0 atom stereocenters. The highest BCUT2D eigenvalue weighted by atomic mass is 32.1. The fourth-order valence-electron chi connectivity index (χ4n) is 9.12. The maximum atomic E-state index is 3.91. The highest BCUT2D eigenvalue weighted by molar-refractivity contribution is 7.19. The Morgan fingerprint density at radius 2 is 0.604 bits per heavy atom. The van der Waals surface area contributed by atoms with E-state index in [1.54, 1.807) is 0 Å². The number of fused-ring (bicyclic) bond motifs is 27. The van der Waals surface area contributed by atoms with Crippen molar-refractivity contribution < 1.29 is 0 Å². The predicted octanol–water partition coefficient (Wildman–Crippen LogP) is 13.7. The average Bonchev–Trinajstić information content (AvgIpc) is 3.97.